The van der Waals surface area contributed by atoms with Gasteiger partial charge in [-0.1, -0.05) is 42.5 Å². The Morgan fingerprint density at radius 2 is 1.63 bits per heavy atom. The summed E-state index contributed by atoms with van der Waals surface area (Å²) in [4.78, 5) is 23.4. The summed E-state index contributed by atoms with van der Waals surface area (Å²) in [5.74, 6) is -1.31. The van der Waals surface area contributed by atoms with Crippen LogP contribution in [0.4, 0.5) is 0 Å². The zero-order chi connectivity index (χ0) is 21.7. The van der Waals surface area contributed by atoms with Crippen molar-refractivity contribution in [2.75, 3.05) is 7.11 Å². The number of phenols is 2. The van der Waals surface area contributed by atoms with E-state index in [1.807, 2.05) is 30.3 Å². The molecule has 6 nitrogen and oxygen atoms in total. The lowest BCUT2D eigenvalue weighted by Crippen LogP contribution is -2.05. The molecule has 3 rings (SSSR count). The summed E-state index contributed by atoms with van der Waals surface area (Å²) >= 11 is 0. The molecular formula is C24H22O6. The lowest BCUT2D eigenvalue weighted by atomic mass is 9.90. The zero-order valence-corrected chi connectivity index (χ0v) is 16.7. The minimum absolute atomic E-state index is 0.0294. The molecule has 154 valence electrons. The number of methoxy groups -OCH3 is 1. The smallest absolute Gasteiger partial charge is 0.337 e. The largest absolute Gasteiger partial charge is 0.504 e. The summed E-state index contributed by atoms with van der Waals surface area (Å²) in [6.07, 6.45) is 0.502. The van der Waals surface area contributed by atoms with Gasteiger partial charge in [0.25, 0.3) is 0 Å². The van der Waals surface area contributed by atoms with Gasteiger partial charge in [0.2, 0.25) is 0 Å². The van der Waals surface area contributed by atoms with Crippen molar-refractivity contribution < 1.29 is 29.3 Å². The molecule has 0 heterocycles. The number of benzene rings is 3. The van der Waals surface area contributed by atoms with Crippen LogP contribution in [0.2, 0.25) is 0 Å². The lowest BCUT2D eigenvalue weighted by Gasteiger charge is -2.19. The Kier molecular flexibility index (Phi) is 6.49. The molecule has 0 amide bonds. The topological polar surface area (TPSA) is 93.1 Å². The van der Waals surface area contributed by atoms with Gasteiger partial charge in [-0.05, 0) is 35.7 Å². The third kappa shape index (κ3) is 4.18. The molecule has 0 aliphatic heterocycles. The van der Waals surface area contributed by atoms with Crippen LogP contribution in [0.15, 0.2) is 54.6 Å². The van der Waals surface area contributed by atoms with Crippen LogP contribution >= 0.6 is 0 Å². The van der Waals surface area contributed by atoms with E-state index in [-0.39, 0.29) is 17.9 Å². The highest BCUT2D eigenvalue weighted by Crippen LogP contribution is 2.42. The first-order chi connectivity index (χ1) is 14.5. The van der Waals surface area contributed by atoms with Crippen LogP contribution in [0.3, 0.4) is 0 Å². The molecule has 0 radical (unpaired) electrons. The van der Waals surface area contributed by atoms with Gasteiger partial charge in [0.1, 0.15) is 0 Å². The fourth-order valence-electron chi connectivity index (χ4n) is 3.33. The van der Waals surface area contributed by atoms with Crippen molar-refractivity contribution in [1.82, 2.24) is 0 Å². The number of carbonyl (C=O) groups excluding carboxylic acids is 2. The van der Waals surface area contributed by atoms with Crippen molar-refractivity contribution >= 4 is 12.3 Å². The van der Waals surface area contributed by atoms with E-state index in [2.05, 4.69) is 0 Å². The van der Waals surface area contributed by atoms with Crippen LogP contribution in [-0.4, -0.2) is 29.6 Å². The molecule has 3 aromatic carbocycles. The van der Waals surface area contributed by atoms with Crippen molar-refractivity contribution in [2.24, 2.45) is 0 Å². The number of hydrogen-bond acceptors (Lipinski definition) is 6. The number of ether oxygens (including phenoxy) is 2. The van der Waals surface area contributed by atoms with Crippen LogP contribution in [0, 0.1) is 6.92 Å². The zero-order valence-electron chi connectivity index (χ0n) is 16.7. The molecule has 0 atom stereocenters. The number of esters is 1. The lowest BCUT2D eigenvalue weighted by molar-refractivity contribution is 0.0600. The predicted molar refractivity (Wildman–Crippen MR) is 112 cm³/mol. The van der Waals surface area contributed by atoms with Crippen molar-refractivity contribution in [1.29, 1.82) is 0 Å². The van der Waals surface area contributed by atoms with Gasteiger partial charge in [0.05, 0.1) is 31.5 Å². The van der Waals surface area contributed by atoms with E-state index in [4.69, 9.17) is 9.47 Å². The van der Waals surface area contributed by atoms with Crippen LogP contribution in [-0.2, 0) is 22.7 Å². The van der Waals surface area contributed by atoms with Gasteiger partial charge < -0.3 is 19.7 Å². The maximum Gasteiger partial charge on any atom is 0.337 e. The van der Waals surface area contributed by atoms with Crippen molar-refractivity contribution in [3.05, 3.63) is 82.4 Å². The van der Waals surface area contributed by atoms with Crippen LogP contribution < -0.4 is 0 Å². The first-order valence-corrected chi connectivity index (χ1v) is 9.30. The van der Waals surface area contributed by atoms with Gasteiger partial charge in [-0.25, -0.2) is 4.79 Å². The van der Waals surface area contributed by atoms with Crippen molar-refractivity contribution in [3.63, 3.8) is 0 Å². The van der Waals surface area contributed by atoms with Crippen LogP contribution in [0.5, 0.6) is 11.5 Å². The van der Waals surface area contributed by atoms with E-state index in [9.17, 15) is 19.8 Å². The van der Waals surface area contributed by atoms with Crippen LogP contribution in [0.1, 0.15) is 37.4 Å². The second-order valence-corrected chi connectivity index (χ2v) is 6.75. The van der Waals surface area contributed by atoms with E-state index in [0.717, 1.165) is 5.56 Å². The molecule has 6 heteroatoms. The first kappa shape index (κ1) is 21.1. The summed E-state index contributed by atoms with van der Waals surface area (Å²) < 4.78 is 10.5. The molecule has 0 aliphatic rings. The maximum absolute atomic E-state index is 11.7. The second-order valence-electron chi connectivity index (χ2n) is 6.75. The Morgan fingerprint density at radius 1 is 0.967 bits per heavy atom. The normalized spacial score (nSPS) is 10.6. The molecule has 0 fully saturated rings. The fourth-order valence-corrected chi connectivity index (χ4v) is 3.33. The van der Waals surface area contributed by atoms with Crippen molar-refractivity contribution in [2.45, 2.75) is 20.1 Å². The van der Waals surface area contributed by atoms with Gasteiger partial charge in [-0.2, -0.15) is 0 Å². The molecule has 3 aromatic rings. The summed E-state index contributed by atoms with van der Waals surface area (Å²) in [6, 6.07) is 16.1. The summed E-state index contributed by atoms with van der Waals surface area (Å²) in [5.41, 5.74) is 3.40. The number of rotatable bonds is 7. The van der Waals surface area contributed by atoms with Gasteiger partial charge in [-0.15, -0.1) is 0 Å². The average Bonchev–Trinajstić information content (AvgIpc) is 2.78. The molecule has 0 bridgehead atoms. The molecule has 2 N–H and O–H groups in total. The van der Waals surface area contributed by atoms with E-state index < -0.39 is 11.7 Å². The molecular weight excluding hydrogens is 384 g/mol. The van der Waals surface area contributed by atoms with Crippen molar-refractivity contribution in [3.8, 4) is 22.6 Å². The van der Waals surface area contributed by atoms with Gasteiger partial charge >= 0.3 is 5.97 Å². The van der Waals surface area contributed by atoms with Gasteiger partial charge in [0.15, 0.2) is 17.8 Å². The minimum Gasteiger partial charge on any atom is -0.504 e. The number of aromatic hydroxyl groups is 2. The van der Waals surface area contributed by atoms with E-state index in [0.29, 0.717) is 40.7 Å². The number of carbonyl (C=O) groups is 2. The molecule has 0 aromatic heterocycles. The standard InChI is InChI=1S/C24H22O6/c1-15-21(17-8-10-18(11-9-17)24(28)29-2)20(19(12-25)23(27)22(15)26)14-30-13-16-6-4-3-5-7-16/h3-12,26-27H,13-14H2,1-2H3. The highest BCUT2D eigenvalue weighted by atomic mass is 16.5. The number of hydrogen-bond donors (Lipinski definition) is 2. The van der Waals surface area contributed by atoms with E-state index in [1.54, 1.807) is 31.2 Å². The van der Waals surface area contributed by atoms with E-state index >= 15 is 0 Å². The Hall–Kier alpha value is -3.64. The van der Waals surface area contributed by atoms with Gasteiger partial charge in [0, 0.05) is 11.1 Å². The average molecular weight is 406 g/mol. The Labute approximate surface area is 174 Å². The fraction of sp³-hybridized carbons (Fsp3) is 0.167. The Balaban J connectivity index is 2.03. The summed E-state index contributed by atoms with van der Waals surface area (Å²) in [7, 11) is 1.30. The highest BCUT2D eigenvalue weighted by molar-refractivity contribution is 5.92. The minimum atomic E-state index is -0.476. The predicted octanol–water partition coefficient (Wildman–Crippen LogP) is 4.39. The third-order valence-corrected chi connectivity index (χ3v) is 4.91. The van der Waals surface area contributed by atoms with Gasteiger partial charge in [-0.3, -0.25) is 4.79 Å². The van der Waals surface area contributed by atoms with E-state index in [1.165, 1.54) is 7.11 Å². The number of phenolic OH excluding ortho intramolecular Hbond substituents is 2. The maximum atomic E-state index is 11.7. The summed E-state index contributed by atoms with van der Waals surface area (Å²) in [5, 5.41) is 20.6. The third-order valence-electron chi connectivity index (χ3n) is 4.91. The molecule has 30 heavy (non-hydrogen) atoms. The molecule has 0 spiro atoms. The molecule has 0 unspecified atom stereocenters. The monoisotopic (exact) mass is 406 g/mol. The molecule has 0 saturated heterocycles. The quantitative estimate of drug-likeness (QED) is 0.343. The highest BCUT2D eigenvalue weighted by Gasteiger charge is 2.22. The summed E-state index contributed by atoms with van der Waals surface area (Å²) in [6.45, 7) is 2.01. The molecule has 0 saturated carbocycles. The Morgan fingerprint density at radius 3 is 2.23 bits per heavy atom. The number of aldehydes is 1. The first-order valence-electron chi connectivity index (χ1n) is 9.30. The Bertz CT molecular complexity index is 1060. The molecule has 0 aliphatic carbocycles. The van der Waals surface area contributed by atoms with Crippen LogP contribution in [0.25, 0.3) is 11.1 Å². The SMILES string of the molecule is COC(=O)c1ccc(-c2c(C)c(O)c(O)c(C=O)c2COCc2ccccc2)cc1. The second kappa shape index (κ2) is 9.24.